The Morgan fingerprint density at radius 2 is 1.52 bits per heavy atom. The molecule has 1 amide bonds. The summed E-state index contributed by atoms with van der Waals surface area (Å²) in [5.41, 5.74) is 2.30. The first-order chi connectivity index (χ1) is 34.5. The average Bonchev–Trinajstić information content (AvgIpc) is 3.92. The van der Waals surface area contributed by atoms with E-state index < -0.39 is 0 Å². The quantitative estimate of drug-likeness (QED) is 0.0371. The van der Waals surface area contributed by atoms with Crippen LogP contribution in [-0.2, 0) is 33.3 Å². The van der Waals surface area contributed by atoms with E-state index in [0.29, 0.717) is 57.6 Å². The van der Waals surface area contributed by atoms with Crippen LogP contribution in [0.2, 0.25) is 0 Å². The molecule has 1 N–H and O–H groups in total. The van der Waals surface area contributed by atoms with Crippen molar-refractivity contribution in [2.24, 2.45) is 40.4 Å². The van der Waals surface area contributed by atoms with Crippen molar-refractivity contribution in [3.8, 4) is 0 Å². The highest BCUT2D eigenvalue weighted by Crippen LogP contribution is 2.67. The van der Waals surface area contributed by atoms with Crippen molar-refractivity contribution in [3.63, 3.8) is 0 Å². The van der Waals surface area contributed by atoms with E-state index in [2.05, 4.69) is 82.1 Å². The second kappa shape index (κ2) is 33.8. The number of allylic oxidation sites excluding steroid dienone is 5. The Bertz CT molecular complexity index is 1560. The second-order valence-electron chi connectivity index (χ2n) is 23.8. The van der Waals surface area contributed by atoms with Crippen molar-refractivity contribution < 1.29 is 33.3 Å². The predicted molar refractivity (Wildman–Crippen MR) is 292 cm³/mol. The topological polar surface area (TPSA) is 95.6 Å². The standard InChI is InChI=1S/C62H108N2O7/c1-7-8-9-10-11-12-13-14-15-16-17-18-19-20-21-24-41-69-49-55(48-64-40-25-27-51(64)4)70-46-45-68-44-43-67-42-39-63-59(65)33-34-60(66)71-54-35-37-62(6)53(47-54)29-31-56-57-32-30-52(28-23-22-26-50(2)3)61(57,5)38-36-58(56)62/h11-12,14-15,29,50-52,54-58H,7-10,13,16-28,30-49H2,1-6H3,(H,63,65)/b12-11-,15-14-/t51?,52-,54-,55?,56-,57-,58-,61+,62-/m0/s1. The lowest BCUT2D eigenvalue weighted by molar-refractivity contribution is -0.152. The molecule has 1 heterocycles. The molecule has 4 fully saturated rings. The molecular weight excluding hydrogens is 885 g/mol. The van der Waals surface area contributed by atoms with Crippen molar-refractivity contribution in [3.05, 3.63) is 36.0 Å². The molecule has 9 nitrogen and oxygen atoms in total. The monoisotopic (exact) mass is 993 g/mol. The Morgan fingerprint density at radius 3 is 2.28 bits per heavy atom. The molecule has 0 aromatic rings. The molecule has 1 aliphatic heterocycles. The molecule has 408 valence electrons. The minimum absolute atomic E-state index is 0.0410. The molecule has 5 rings (SSSR count). The van der Waals surface area contributed by atoms with Crippen LogP contribution in [0.3, 0.4) is 0 Å². The van der Waals surface area contributed by atoms with Crippen LogP contribution < -0.4 is 5.32 Å². The van der Waals surface area contributed by atoms with E-state index in [1.54, 1.807) is 0 Å². The average molecular weight is 994 g/mol. The van der Waals surface area contributed by atoms with Crippen molar-refractivity contribution in [1.82, 2.24) is 10.2 Å². The molecule has 0 aromatic carbocycles. The third-order valence-electron chi connectivity index (χ3n) is 18.1. The van der Waals surface area contributed by atoms with Crippen LogP contribution in [0.25, 0.3) is 0 Å². The number of unbranched alkanes of at least 4 members (excludes halogenated alkanes) is 10. The van der Waals surface area contributed by atoms with E-state index in [1.807, 2.05) is 0 Å². The third kappa shape index (κ3) is 20.9. The third-order valence-corrected chi connectivity index (χ3v) is 18.1. The molecule has 0 aromatic heterocycles. The van der Waals surface area contributed by atoms with Crippen LogP contribution in [0.1, 0.15) is 221 Å². The Kier molecular flexibility index (Phi) is 28.5. The summed E-state index contributed by atoms with van der Waals surface area (Å²) in [6.45, 7) is 20.7. The molecule has 9 atom stereocenters. The molecule has 0 bridgehead atoms. The summed E-state index contributed by atoms with van der Waals surface area (Å²) in [6, 6.07) is 0.595. The number of likely N-dealkylation sites (tertiary alicyclic amines) is 1. The molecule has 1 saturated heterocycles. The maximum Gasteiger partial charge on any atom is 0.306 e. The van der Waals surface area contributed by atoms with Crippen LogP contribution in [0.15, 0.2) is 36.0 Å². The fourth-order valence-corrected chi connectivity index (χ4v) is 13.7. The van der Waals surface area contributed by atoms with Gasteiger partial charge in [-0.2, -0.15) is 0 Å². The van der Waals surface area contributed by atoms with E-state index >= 15 is 0 Å². The molecule has 5 aliphatic rings. The number of ether oxygens (including phenoxy) is 5. The molecule has 3 saturated carbocycles. The number of nitrogens with zero attached hydrogens (tertiary/aromatic N) is 1. The number of hydrogen-bond donors (Lipinski definition) is 1. The first-order valence-electron chi connectivity index (χ1n) is 30.1. The lowest BCUT2D eigenvalue weighted by Gasteiger charge is -2.58. The Labute approximate surface area is 435 Å². The zero-order chi connectivity index (χ0) is 50.6. The van der Waals surface area contributed by atoms with Gasteiger partial charge in [0.05, 0.1) is 52.2 Å². The number of fused-ring (bicyclic) bond motifs is 5. The fourth-order valence-electron chi connectivity index (χ4n) is 13.7. The zero-order valence-electron chi connectivity index (χ0n) is 46.7. The molecule has 9 heteroatoms. The van der Waals surface area contributed by atoms with Crippen molar-refractivity contribution in [1.29, 1.82) is 0 Å². The smallest absolute Gasteiger partial charge is 0.306 e. The minimum Gasteiger partial charge on any atom is -0.462 e. The molecule has 4 aliphatic carbocycles. The summed E-state index contributed by atoms with van der Waals surface area (Å²) in [7, 11) is 0. The van der Waals surface area contributed by atoms with Gasteiger partial charge in [0.15, 0.2) is 0 Å². The van der Waals surface area contributed by atoms with Crippen LogP contribution in [0.5, 0.6) is 0 Å². The SMILES string of the molecule is CCCCC/C=C\C/C=C\CCCCCCCCOCC(CN1CCCC1C)OCCOCCOCCNC(=O)CCC(=O)O[C@H]1CC[C@@]2(C)C(=CC[C@H]3[C@@H]4CC[C@H](CCCCC(C)C)[C@@]4(C)CC[C@@H]32)C1. The largest absolute Gasteiger partial charge is 0.462 e. The number of nitrogens with one attached hydrogen (secondary N) is 1. The van der Waals surface area contributed by atoms with Gasteiger partial charge in [-0.1, -0.05) is 128 Å². The maximum atomic E-state index is 12.9. The van der Waals surface area contributed by atoms with Crippen LogP contribution in [0, 0.1) is 40.4 Å². The highest BCUT2D eigenvalue weighted by molar-refractivity contribution is 5.81. The number of carbonyl (C=O) groups excluding carboxylic acids is 2. The Morgan fingerprint density at radius 1 is 0.775 bits per heavy atom. The van der Waals surface area contributed by atoms with E-state index in [0.717, 1.165) is 81.4 Å². The van der Waals surface area contributed by atoms with E-state index in [9.17, 15) is 9.59 Å². The van der Waals surface area contributed by atoms with E-state index in [-0.39, 0.29) is 42.3 Å². The molecule has 0 radical (unpaired) electrons. The lowest BCUT2D eigenvalue weighted by atomic mass is 9.47. The molecular formula is C62H108N2O7. The summed E-state index contributed by atoms with van der Waals surface area (Å²) >= 11 is 0. The van der Waals surface area contributed by atoms with Crippen LogP contribution in [-0.4, -0.2) is 101 Å². The minimum atomic E-state index is -0.258. The highest BCUT2D eigenvalue weighted by Gasteiger charge is 2.58. The van der Waals surface area contributed by atoms with Gasteiger partial charge in [-0.05, 0) is 157 Å². The Balaban J connectivity index is 0.844. The number of hydrogen-bond acceptors (Lipinski definition) is 8. The van der Waals surface area contributed by atoms with Gasteiger partial charge in [0.1, 0.15) is 6.10 Å². The van der Waals surface area contributed by atoms with Gasteiger partial charge < -0.3 is 29.0 Å². The van der Waals surface area contributed by atoms with Crippen LogP contribution in [0.4, 0.5) is 0 Å². The first kappa shape index (κ1) is 59.8. The highest BCUT2D eigenvalue weighted by atomic mass is 16.6. The van der Waals surface area contributed by atoms with E-state index in [1.165, 1.54) is 140 Å². The van der Waals surface area contributed by atoms with Crippen molar-refractivity contribution in [2.75, 3.05) is 65.9 Å². The van der Waals surface area contributed by atoms with Gasteiger partial charge in [0.2, 0.25) is 5.91 Å². The summed E-state index contributed by atoms with van der Waals surface area (Å²) in [4.78, 5) is 28.1. The van der Waals surface area contributed by atoms with Gasteiger partial charge in [-0.25, -0.2) is 0 Å². The second-order valence-corrected chi connectivity index (χ2v) is 23.8. The summed E-state index contributed by atoms with van der Waals surface area (Å²) < 4.78 is 30.0. The zero-order valence-corrected chi connectivity index (χ0v) is 46.7. The normalized spacial score (nSPS) is 28.1. The lowest BCUT2D eigenvalue weighted by Crippen LogP contribution is -2.50. The molecule has 71 heavy (non-hydrogen) atoms. The number of amides is 1. The van der Waals surface area contributed by atoms with Crippen molar-refractivity contribution in [2.45, 2.75) is 240 Å². The van der Waals surface area contributed by atoms with Gasteiger partial charge in [-0.15, -0.1) is 0 Å². The first-order valence-corrected chi connectivity index (χ1v) is 30.1. The predicted octanol–water partition coefficient (Wildman–Crippen LogP) is 14.3. The Hall–Kier alpha value is -2.04. The summed E-state index contributed by atoms with van der Waals surface area (Å²) in [5.74, 6) is 3.76. The van der Waals surface area contributed by atoms with Gasteiger partial charge in [0.25, 0.3) is 0 Å². The summed E-state index contributed by atoms with van der Waals surface area (Å²) in [5, 5.41) is 2.89. The van der Waals surface area contributed by atoms with Crippen molar-refractivity contribution >= 4 is 11.9 Å². The molecule has 2 unspecified atom stereocenters. The number of carbonyl (C=O) groups is 2. The van der Waals surface area contributed by atoms with E-state index in [4.69, 9.17) is 23.7 Å². The van der Waals surface area contributed by atoms with Gasteiger partial charge in [0, 0.05) is 38.6 Å². The van der Waals surface area contributed by atoms with Gasteiger partial charge in [-0.3, -0.25) is 14.5 Å². The summed E-state index contributed by atoms with van der Waals surface area (Å²) in [6.07, 6.45) is 44.9. The van der Waals surface area contributed by atoms with Crippen LogP contribution >= 0.6 is 0 Å². The maximum absolute atomic E-state index is 12.9. The molecule has 0 spiro atoms. The number of rotatable bonds is 38. The fraction of sp³-hybridized carbons (Fsp3) is 0.871. The van der Waals surface area contributed by atoms with Gasteiger partial charge >= 0.3 is 5.97 Å². The number of esters is 1.